The Hall–Kier alpha value is -1.70. The van der Waals surface area contributed by atoms with Crippen LogP contribution in [0.25, 0.3) is 0 Å². The molecule has 0 atom stereocenters. The molecule has 2 radical (unpaired) electrons. The van der Waals surface area contributed by atoms with Crippen LogP contribution in [0.5, 0.6) is 0 Å². The fraction of sp³-hybridized carbons (Fsp3) is 0. The third kappa shape index (κ3) is 542. The average Bonchev–Trinajstić information content (AvgIpc) is 1.54. The predicted molar refractivity (Wildman–Crippen MR) is 47.7 cm³/mol. The smallest absolute Gasteiger partial charge is 0.412 e. The van der Waals surface area contributed by atoms with Crippen LogP contribution in [0.2, 0.25) is 0 Å². The fourth-order valence-electron chi connectivity index (χ4n) is 0. The van der Waals surface area contributed by atoms with Gasteiger partial charge in [0.05, 0.1) is 15.3 Å². The summed E-state index contributed by atoms with van der Waals surface area (Å²) in [6.45, 7) is 0. The first-order valence-electron chi connectivity index (χ1n) is 1.64. The Bertz CT molecular complexity index is 114. The first-order valence-corrected chi connectivity index (χ1v) is 1.64. The molecule has 0 aromatic rings. The van der Waals surface area contributed by atoms with Crippen molar-refractivity contribution in [3.05, 3.63) is 46.0 Å². The van der Waals surface area contributed by atoms with E-state index < -0.39 is 15.3 Å². The minimum atomic E-state index is -1.75. The van der Waals surface area contributed by atoms with Crippen molar-refractivity contribution in [1.29, 1.82) is 0 Å². The van der Waals surface area contributed by atoms with E-state index in [4.69, 9.17) is 46.0 Å². The van der Waals surface area contributed by atoms with Crippen molar-refractivity contribution >= 4 is 24.4 Å². The summed E-state index contributed by atoms with van der Waals surface area (Å²) < 4.78 is 0. The van der Waals surface area contributed by atoms with Crippen LogP contribution < -0.4 is 0 Å². The van der Waals surface area contributed by atoms with E-state index in [1.807, 2.05) is 0 Å². The summed E-state index contributed by atoms with van der Waals surface area (Å²) in [5, 5.41) is 44.2. The molecule has 0 saturated carbocycles. The maximum atomic E-state index is 8.25. The summed E-state index contributed by atoms with van der Waals surface area (Å²) in [4.78, 5) is 24.8. The number of hydrogen-bond acceptors (Lipinski definition) is 9. The zero-order valence-corrected chi connectivity index (χ0v) is 9.52. The molecule has 16 heavy (non-hydrogen) atoms. The zero-order valence-electron chi connectivity index (χ0n) is 6.96. The van der Waals surface area contributed by atoms with Crippen LogP contribution in [0, 0.1) is 46.0 Å². The van der Waals surface area contributed by atoms with Crippen LogP contribution in [0.4, 0.5) is 0 Å². The summed E-state index contributed by atoms with van der Waals surface area (Å²) in [5.41, 5.74) is 0. The van der Waals surface area contributed by atoms with Crippen molar-refractivity contribution in [3.63, 3.8) is 0 Å². The summed E-state index contributed by atoms with van der Waals surface area (Å²) in [6, 6.07) is 0. The molecule has 0 rings (SSSR count). The van der Waals surface area contributed by atoms with Crippen molar-refractivity contribution < 1.29 is 31.7 Å². The SMILES string of the molecule is O.O.O.O=[N+]([O-])[O-].O=[N+]([O-])[O-].O=[N+]([O-])[O-].[Sb+3]. The van der Waals surface area contributed by atoms with E-state index in [0.717, 1.165) is 0 Å². The molecule has 98 valence electrons. The van der Waals surface area contributed by atoms with Gasteiger partial charge in [0.25, 0.3) is 0 Å². The molecule has 0 aromatic carbocycles. The Morgan fingerprint density at radius 2 is 0.500 bits per heavy atom. The molecular weight excluding hydrogens is 356 g/mol. The third-order valence-corrected chi connectivity index (χ3v) is 0. The Labute approximate surface area is 103 Å². The van der Waals surface area contributed by atoms with E-state index in [1.54, 1.807) is 0 Å². The van der Waals surface area contributed by atoms with Crippen LogP contribution in [0.3, 0.4) is 0 Å². The molecule has 0 saturated heterocycles. The molecule has 0 fully saturated rings. The monoisotopic (exact) mass is 361 g/mol. The number of nitrogens with zero attached hydrogens (tertiary/aromatic N) is 3. The van der Waals surface area contributed by atoms with E-state index >= 15 is 0 Å². The Balaban J connectivity index is -0.0000000135. The van der Waals surface area contributed by atoms with E-state index in [0.29, 0.717) is 0 Å². The van der Waals surface area contributed by atoms with E-state index in [1.165, 1.54) is 0 Å². The van der Waals surface area contributed by atoms with Crippen LogP contribution in [-0.2, 0) is 0 Å². The molecule has 0 aliphatic heterocycles. The van der Waals surface area contributed by atoms with Gasteiger partial charge in [-0.1, -0.05) is 0 Å². The van der Waals surface area contributed by atoms with Crippen LogP contribution in [0.15, 0.2) is 0 Å². The number of rotatable bonds is 0. The van der Waals surface area contributed by atoms with Crippen LogP contribution >= 0.6 is 0 Å². The van der Waals surface area contributed by atoms with Crippen molar-refractivity contribution in [2.45, 2.75) is 0 Å². The topological polar surface area (TPSA) is 293 Å². The molecule has 0 heterocycles. The molecule has 0 spiro atoms. The van der Waals surface area contributed by atoms with E-state index in [9.17, 15) is 0 Å². The van der Waals surface area contributed by atoms with Gasteiger partial charge in [0.1, 0.15) is 0 Å². The van der Waals surface area contributed by atoms with Crippen molar-refractivity contribution in [3.8, 4) is 0 Å². The maximum Gasteiger partial charge on any atom is 3.00 e. The Morgan fingerprint density at radius 3 is 0.500 bits per heavy atom. The molecule has 15 nitrogen and oxygen atoms in total. The minimum absolute atomic E-state index is 0. The summed E-state index contributed by atoms with van der Waals surface area (Å²) >= 11 is 0. The predicted octanol–water partition coefficient (Wildman–Crippen LogP) is -3.57. The average molecular weight is 362 g/mol. The minimum Gasteiger partial charge on any atom is -0.412 e. The van der Waals surface area contributed by atoms with Gasteiger partial charge in [0.15, 0.2) is 0 Å². The normalized spacial score (nSPS) is 4.50. The van der Waals surface area contributed by atoms with Crippen molar-refractivity contribution in [2.24, 2.45) is 0 Å². The second-order valence-corrected chi connectivity index (χ2v) is 0.671. The Kier molecular flexibility index (Phi) is 112. The third-order valence-electron chi connectivity index (χ3n) is 0. The fourth-order valence-corrected chi connectivity index (χ4v) is 0. The zero-order chi connectivity index (χ0) is 10.7. The second kappa shape index (κ2) is 37.8. The number of hydrogen-bond donors (Lipinski definition) is 0. The van der Waals surface area contributed by atoms with Gasteiger partial charge in [-0.2, -0.15) is 0 Å². The largest absolute Gasteiger partial charge is 3.00 e. The molecule has 0 aliphatic carbocycles. The maximum absolute atomic E-state index is 8.25. The van der Waals surface area contributed by atoms with Gasteiger partial charge in [-0.25, -0.2) is 0 Å². The first kappa shape index (κ1) is 47.5. The molecule has 0 amide bonds. The second-order valence-electron chi connectivity index (χ2n) is 0.671. The first-order chi connectivity index (χ1) is 5.20. The summed E-state index contributed by atoms with van der Waals surface area (Å²) in [6.07, 6.45) is 0. The van der Waals surface area contributed by atoms with E-state index in [2.05, 4.69) is 0 Å². The van der Waals surface area contributed by atoms with Crippen LogP contribution in [-0.4, -0.2) is 56.1 Å². The molecular formula is H6N3O12Sb. The van der Waals surface area contributed by atoms with Gasteiger partial charge in [0, 0.05) is 0 Å². The summed E-state index contributed by atoms with van der Waals surface area (Å²) in [5.74, 6) is 0. The Morgan fingerprint density at radius 1 is 0.500 bits per heavy atom. The summed E-state index contributed by atoms with van der Waals surface area (Å²) in [7, 11) is 0. The van der Waals surface area contributed by atoms with Gasteiger partial charge < -0.3 is 62.4 Å². The molecule has 0 bridgehead atoms. The van der Waals surface area contributed by atoms with Gasteiger partial charge in [-0.15, -0.1) is 0 Å². The van der Waals surface area contributed by atoms with E-state index in [-0.39, 0.29) is 40.9 Å². The molecule has 6 N–H and O–H groups in total. The van der Waals surface area contributed by atoms with Crippen molar-refractivity contribution in [1.82, 2.24) is 0 Å². The van der Waals surface area contributed by atoms with Gasteiger partial charge in [-0.3, -0.25) is 0 Å². The quantitative estimate of drug-likeness (QED) is 0.233. The van der Waals surface area contributed by atoms with Gasteiger partial charge in [0.2, 0.25) is 0 Å². The molecule has 0 aromatic heterocycles. The molecule has 0 aliphatic rings. The van der Waals surface area contributed by atoms with Gasteiger partial charge >= 0.3 is 24.4 Å². The standard InChI is InChI=1S/3NO3.3H2O.Sb/c3*2-1(3)4;;;;/h;;;3*1H2;/q3*-1;;;;+3. The molecule has 0 unspecified atom stereocenters. The van der Waals surface area contributed by atoms with Gasteiger partial charge in [-0.05, 0) is 0 Å². The molecule has 16 heteroatoms. The van der Waals surface area contributed by atoms with Crippen molar-refractivity contribution in [2.75, 3.05) is 0 Å². The van der Waals surface area contributed by atoms with Crippen LogP contribution in [0.1, 0.15) is 0 Å².